The molecular weight excluding hydrogens is 176 g/mol. The van der Waals surface area contributed by atoms with Gasteiger partial charge in [0.1, 0.15) is 12.0 Å². The van der Waals surface area contributed by atoms with Crippen molar-refractivity contribution >= 4 is 6.29 Å². The first kappa shape index (κ1) is 10.8. The topological polar surface area (TPSA) is 26.3 Å². The molecule has 1 aromatic carbocycles. The average molecular weight is 192 g/mol. The standard InChI is InChI=1S/C12H16O2/c1-2-3-9-14-12-6-4-5-11(10-12)7-8-13/h4-6,8,10H,2-3,7,9H2,1H3. The molecule has 0 saturated carbocycles. The van der Waals surface area contributed by atoms with Crippen LogP contribution < -0.4 is 4.74 Å². The van der Waals surface area contributed by atoms with E-state index in [-0.39, 0.29) is 0 Å². The minimum absolute atomic E-state index is 0.463. The van der Waals surface area contributed by atoms with Crippen LogP contribution in [0.25, 0.3) is 0 Å². The van der Waals surface area contributed by atoms with Gasteiger partial charge in [0.15, 0.2) is 0 Å². The lowest BCUT2D eigenvalue weighted by atomic mass is 10.1. The van der Waals surface area contributed by atoms with Crippen molar-refractivity contribution in [1.82, 2.24) is 0 Å². The number of carbonyl (C=O) groups excluding carboxylic acids is 1. The first-order chi connectivity index (χ1) is 6.86. The van der Waals surface area contributed by atoms with Crippen molar-refractivity contribution in [3.63, 3.8) is 0 Å². The van der Waals surface area contributed by atoms with Crippen molar-refractivity contribution in [2.45, 2.75) is 26.2 Å². The highest BCUT2D eigenvalue weighted by molar-refractivity contribution is 5.55. The number of hydrogen-bond acceptors (Lipinski definition) is 2. The van der Waals surface area contributed by atoms with Crippen molar-refractivity contribution in [3.8, 4) is 5.75 Å². The van der Waals surface area contributed by atoms with Crippen molar-refractivity contribution in [1.29, 1.82) is 0 Å². The molecule has 0 heterocycles. The molecule has 0 aliphatic heterocycles. The summed E-state index contributed by atoms with van der Waals surface area (Å²) in [6.07, 6.45) is 3.57. The Kier molecular flexibility index (Phi) is 4.76. The lowest BCUT2D eigenvalue weighted by Crippen LogP contribution is -1.97. The van der Waals surface area contributed by atoms with Gasteiger partial charge in [-0.2, -0.15) is 0 Å². The molecule has 76 valence electrons. The predicted octanol–water partition coefficient (Wildman–Crippen LogP) is 2.61. The van der Waals surface area contributed by atoms with Crippen LogP contribution in [0.3, 0.4) is 0 Å². The van der Waals surface area contributed by atoms with Crippen LogP contribution in [0, 0.1) is 0 Å². The summed E-state index contributed by atoms with van der Waals surface area (Å²) in [7, 11) is 0. The van der Waals surface area contributed by atoms with E-state index in [1.807, 2.05) is 24.3 Å². The van der Waals surface area contributed by atoms with Gasteiger partial charge in [0.2, 0.25) is 0 Å². The van der Waals surface area contributed by atoms with Crippen molar-refractivity contribution in [2.75, 3.05) is 6.61 Å². The van der Waals surface area contributed by atoms with E-state index in [4.69, 9.17) is 4.74 Å². The fourth-order valence-corrected chi connectivity index (χ4v) is 1.19. The van der Waals surface area contributed by atoms with Gasteiger partial charge in [-0.05, 0) is 24.1 Å². The monoisotopic (exact) mass is 192 g/mol. The molecule has 14 heavy (non-hydrogen) atoms. The zero-order valence-electron chi connectivity index (χ0n) is 8.53. The van der Waals surface area contributed by atoms with Crippen LogP contribution in [0.1, 0.15) is 25.3 Å². The van der Waals surface area contributed by atoms with Gasteiger partial charge in [-0.3, -0.25) is 0 Å². The molecule has 0 N–H and O–H groups in total. The van der Waals surface area contributed by atoms with E-state index in [2.05, 4.69) is 6.92 Å². The van der Waals surface area contributed by atoms with Gasteiger partial charge < -0.3 is 9.53 Å². The van der Waals surface area contributed by atoms with Crippen molar-refractivity contribution in [3.05, 3.63) is 29.8 Å². The van der Waals surface area contributed by atoms with E-state index in [0.29, 0.717) is 6.42 Å². The van der Waals surface area contributed by atoms with Gasteiger partial charge in [0.05, 0.1) is 6.61 Å². The molecule has 1 aromatic rings. The Morgan fingerprint density at radius 3 is 3.00 bits per heavy atom. The molecule has 0 amide bonds. The van der Waals surface area contributed by atoms with Crippen molar-refractivity contribution < 1.29 is 9.53 Å². The lowest BCUT2D eigenvalue weighted by molar-refractivity contribution is -0.107. The molecule has 0 atom stereocenters. The number of unbranched alkanes of at least 4 members (excludes halogenated alkanes) is 1. The van der Waals surface area contributed by atoms with Gasteiger partial charge in [-0.25, -0.2) is 0 Å². The highest BCUT2D eigenvalue weighted by Gasteiger charge is 1.95. The molecule has 2 heteroatoms. The average Bonchev–Trinajstić information content (AvgIpc) is 2.19. The maximum absolute atomic E-state index is 10.3. The molecule has 0 aliphatic rings. The van der Waals surface area contributed by atoms with Gasteiger partial charge in [0, 0.05) is 6.42 Å². The summed E-state index contributed by atoms with van der Waals surface area (Å²) in [6.45, 7) is 2.88. The number of aldehydes is 1. The van der Waals surface area contributed by atoms with Crippen LogP contribution in [0.4, 0.5) is 0 Å². The summed E-state index contributed by atoms with van der Waals surface area (Å²) in [5, 5.41) is 0. The largest absolute Gasteiger partial charge is 0.494 e. The summed E-state index contributed by atoms with van der Waals surface area (Å²) in [4.78, 5) is 10.3. The molecule has 0 bridgehead atoms. The number of rotatable bonds is 6. The third-order valence-corrected chi connectivity index (χ3v) is 1.98. The lowest BCUT2D eigenvalue weighted by Gasteiger charge is -2.05. The Labute approximate surface area is 84.9 Å². The van der Waals surface area contributed by atoms with Crippen LogP contribution >= 0.6 is 0 Å². The summed E-state index contributed by atoms with van der Waals surface area (Å²) in [6, 6.07) is 7.69. The second-order valence-electron chi connectivity index (χ2n) is 3.22. The number of benzene rings is 1. The van der Waals surface area contributed by atoms with E-state index >= 15 is 0 Å². The summed E-state index contributed by atoms with van der Waals surface area (Å²) in [5.74, 6) is 0.859. The fraction of sp³-hybridized carbons (Fsp3) is 0.417. The number of carbonyl (C=O) groups is 1. The molecule has 1 rings (SSSR count). The molecule has 0 aliphatic carbocycles. The van der Waals surface area contributed by atoms with E-state index in [1.54, 1.807) is 0 Å². The molecule has 0 fully saturated rings. The van der Waals surface area contributed by atoms with Crippen LogP contribution in [0.2, 0.25) is 0 Å². The Bertz CT molecular complexity index is 281. The smallest absolute Gasteiger partial charge is 0.124 e. The zero-order chi connectivity index (χ0) is 10.2. The van der Waals surface area contributed by atoms with Crippen LogP contribution in [0.15, 0.2) is 24.3 Å². The predicted molar refractivity (Wildman–Crippen MR) is 56.6 cm³/mol. The Morgan fingerprint density at radius 1 is 1.43 bits per heavy atom. The zero-order valence-corrected chi connectivity index (χ0v) is 8.53. The van der Waals surface area contributed by atoms with E-state index in [9.17, 15) is 4.79 Å². The third kappa shape index (κ3) is 3.60. The maximum Gasteiger partial charge on any atom is 0.124 e. The minimum Gasteiger partial charge on any atom is -0.494 e. The molecular formula is C12H16O2. The highest BCUT2D eigenvalue weighted by atomic mass is 16.5. The van der Waals surface area contributed by atoms with Crippen LogP contribution in [-0.4, -0.2) is 12.9 Å². The number of hydrogen-bond donors (Lipinski definition) is 0. The van der Waals surface area contributed by atoms with E-state index in [1.165, 1.54) is 0 Å². The normalized spacial score (nSPS) is 9.79. The molecule has 0 radical (unpaired) electrons. The van der Waals surface area contributed by atoms with Gasteiger partial charge in [-0.15, -0.1) is 0 Å². The molecule has 0 aromatic heterocycles. The first-order valence-corrected chi connectivity index (χ1v) is 5.02. The fourth-order valence-electron chi connectivity index (χ4n) is 1.19. The summed E-state index contributed by atoms with van der Waals surface area (Å²) >= 11 is 0. The SMILES string of the molecule is CCCCOc1cccc(CC=O)c1. The van der Waals surface area contributed by atoms with Crippen LogP contribution in [0.5, 0.6) is 5.75 Å². The van der Waals surface area contributed by atoms with E-state index in [0.717, 1.165) is 37.0 Å². The summed E-state index contributed by atoms with van der Waals surface area (Å²) in [5.41, 5.74) is 1.01. The van der Waals surface area contributed by atoms with Gasteiger partial charge in [0.25, 0.3) is 0 Å². The molecule has 0 unspecified atom stereocenters. The highest BCUT2D eigenvalue weighted by Crippen LogP contribution is 2.13. The van der Waals surface area contributed by atoms with E-state index < -0.39 is 0 Å². The summed E-state index contributed by atoms with van der Waals surface area (Å²) < 4.78 is 5.52. The van der Waals surface area contributed by atoms with Gasteiger partial charge in [-0.1, -0.05) is 25.5 Å². The Hall–Kier alpha value is -1.31. The van der Waals surface area contributed by atoms with Crippen molar-refractivity contribution in [2.24, 2.45) is 0 Å². The second-order valence-corrected chi connectivity index (χ2v) is 3.22. The Balaban J connectivity index is 2.50. The third-order valence-electron chi connectivity index (χ3n) is 1.98. The first-order valence-electron chi connectivity index (χ1n) is 5.02. The number of ether oxygens (including phenoxy) is 1. The maximum atomic E-state index is 10.3. The molecule has 0 spiro atoms. The Morgan fingerprint density at radius 2 is 2.29 bits per heavy atom. The quantitative estimate of drug-likeness (QED) is 0.511. The van der Waals surface area contributed by atoms with Crippen LogP contribution in [-0.2, 0) is 11.2 Å². The van der Waals surface area contributed by atoms with Gasteiger partial charge >= 0.3 is 0 Å². The molecule has 0 saturated heterocycles. The molecule has 2 nitrogen and oxygen atoms in total. The second kappa shape index (κ2) is 6.19. The minimum atomic E-state index is 0.463.